The highest BCUT2D eigenvalue weighted by Gasteiger charge is 2.42. The van der Waals surface area contributed by atoms with Crippen molar-refractivity contribution < 1.29 is 4.79 Å². The van der Waals surface area contributed by atoms with Crippen LogP contribution in [0.25, 0.3) is 0 Å². The molecule has 0 unspecified atom stereocenters. The van der Waals surface area contributed by atoms with E-state index in [1.54, 1.807) is 0 Å². The summed E-state index contributed by atoms with van der Waals surface area (Å²) in [7, 11) is 0. The van der Waals surface area contributed by atoms with Gasteiger partial charge in [0.05, 0.1) is 0 Å². The number of rotatable bonds is 1. The molecular formula is C7H13NO. The molecule has 0 aromatic carbocycles. The van der Waals surface area contributed by atoms with Gasteiger partial charge in [-0.2, -0.15) is 0 Å². The fourth-order valence-electron chi connectivity index (χ4n) is 1.68. The Morgan fingerprint density at radius 1 is 1.67 bits per heavy atom. The summed E-state index contributed by atoms with van der Waals surface area (Å²) in [5, 5.41) is 0. The number of carbonyl (C=O) groups excluding carboxylic acids is 1. The van der Waals surface area contributed by atoms with E-state index in [9.17, 15) is 4.79 Å². The predicted octanol–water partition coefficient (Wildman–Crippen LogP) is 0.908. The largest absolute Gasteiger partial charge is 0.369 e. The second kappa shape index (κ2) is 1.72. The molecule has 0 saturated heterocycles. The van der Waals surface area contributed by atoms with Crippen LogP contribution in [0, 0.1) is 11.3 Å². The van der Waals surface area contributed by atoms with Crippen LogP contribution in [-0.4, -0.2) is 5.91 Å². The maximum absolute atomic E-state index is 10.7. The topological polar surface area (TPSA) is 43.1 Å². The van der Waals surface area contributed by atoms with Crippen LogP contribution in [0.1, 0.15) is 26.7 Å². The SMILES string of the molecule is C[C@H]1C[C@](C)(C(N)=O)C1. The average molecular weight is 127 g/mol. The second-order valence-corrected chi connectivity index (χ2v) is 3.44. The van der Waals surface area contributed by atoms with Crippen molar-refractivity contribution in [3.63, 3.8) is 0 Å². The minimum atomic E-state index is -0.167. The highest BCUT2D eigenvalue weighted by Crippen LogP contribution is 2.44. The Labute approximate surface area is 55.4 Å². The van der Waals surface area contributed by atoms with Gasteiger partial charge in [-0.15, -0.1) is 0 Å². The van der Waals surface area contributed by atoms with Gasteiger partial charge in [-0.3, -0.25) is 4.79 Å². The van der Waals surface area contributed by atoms with Gasteiger partial charge in [0.15, 0.2) is 0 Å². The first kappa shape index (κ1) is 6.59. The summed E-state index contributed by atoms with van der Waals surface area (Å²) in [6.45, 7) is 4.08. The molecule has 1 fully saturated rings. The minimum Gasteiger partial charge on any atom is -0.369 e. The van der Waals surface area contributed by atoms with Gasteiger partial charge in [0, 0.05) is 5.41 Å². The number of amides is 1. The van der Waals surface area contributed by atoms with Crippen LogP contribution in [0.2, 0.25) is 0 Å². The van der Waals surface area contributed by atoms with E-state index in [0.29, 0.717) is 5.92 Å². The molecule has 9 heavy (non-hydrogen) atoms. The van der Waals surface area contributed by atoms with Crippen LogP contribution in [0.5, 0.6) is 0 Å². The molecule has 1 aliphatic carbocycles. The van der Waals surface area contributed by atoms with Crippen LogP contribution in [0.3, 0.4) is 0 Å². The molecule has 52 valence electrons. The third kappa shape index (κ3) is 0.934. The molecule has 2 nitrogen and oxygen atoms in total. The van der Waals surface area contributed by atoms with E-state index < -0.39 is 0 Å². The molecule has 1 rings (SSSR count). The van der Waals surface area contributed by atoms with Crippen molar-refractivity contribution in [3.05, 3.63) is 0 Å². The molecule has 2 heteroatoms. The Balaban J connectivity index is 2.50. The Bertz CT molecular complexity index is 136. The molecule has 0 aromatic heterocycles. The standard InChI is InChI=1S/C7H13NO/c1-5-3-7(2,4-5)6(8)9/h5H,3-4H2,1-2H3,(H2,8,9)/t5-,7-. The van der Waals surface area contributed by atoms with Crippen molar-refractivity contribution >= 4 is 5.91 Å². The van der Waals surface area contributed by atoms with Crippen molar-refractivity contribution in [2.24, 2.45) is 17.1 Å². The third-order valence-electron chi connectivity index (χ3n) is 2.19. The Hall–Kier alpha value is -0.530. The van der Waals surface area contributed by atoms with E-state index in [-0.39, 0.29) is 11.3 Å². The van der Waals surface area contributed by atoms with Crippen LogP contribution in [0.4, 0.5) is 0 Å². The molecule has 1 saturated carbocycles. The monoisotopic (exact) mass is 127 g/mol. The molecule has 0 spiro atoms. The molecule has 0 bridgehead atoms. The average Bonchev–Trinajstić information content (AvgIpc) is 1.62. The van der Waals surface area contributed by atoms with Crippen molar-refractivity contribution in [1.29, 1.82) is 0 Å². The molecular weight excluding hydrogens is 114 g/mol. The van der Waals surface area contributed by atoms with Gasteiger partial charge in [-0.05, 0) is 18.8 Å². The van der Waals surface area contributed by atoms with E-state index in [1.807, 2.05) is 6.92 Å². The number of nitrogens with two attached hydrogens (primary N) is 1. The molecule has 0 aromatic rings. The van der Waals surface area contributed by atoms with E-state index >= 15 is 0 Å². The molecule has 0 atom stereocenters. The zero-order valence-corrected chi connectivity index (χ0v) is 5.98. The fourth-order valence-corrected chi connectivity index (χ4v) is 1.68. The van der Waals surface area contributed by atoms with Crippen molar-refractivity contribution in [2.45, 2.75) is 26.7 Å². The third-order valence-corrected chi connectivity index (χ3v) is 2.19. The first-order valence-corrected chi connectivity index (χ1v) is 3.34. The lowest BCUT2D eigenvalue weighted by atomic mass is 9.63. The molecule has 2 N–H and O–H groups in total. The number of carbonyl (C=O) groups is 1. The van der Waals surface area contributed by atoms with Crippen LogP contribution in [-0.2, 0) is 4.79 Å². The minimum absolute atomic E-state index is 0.138. The van der Waals surface area contributed by atoms with E-state index in [2.05, 4.69) is 6.92 Å². The highest BCUT2D eigenvalue weighted by atomic mass is 16.1. The zero-order chi connectivity index (χ0) is 7.07. The van der Waals surface area contributed by atoms with E-state index in [4.69, 9.17) is 5.73 Å². The maximum atomic E-state index is 10.7. The lowest BCUT2D eigenvalue weighted by Gasteiger charge is -2.40. The molecule has 0 heterocycles. The number of hydrogen-bond acceptors (Lipinski definition) is 1. The Morgan fingerprint density at radius 3 is 2.22 bits per heavy atom. The summed E-state index contributed by atoms with van der Waals surface area (Å²) in [5.41, 5.74) is 4.99. The summed E-state index contributed by atoms with van der Waals surface area (Å²) in [6, 6.07) is 0. The van der Waals surface area contributed by atoms with Gasteiger partial charge < -0.3 is 5.73 Å². The van der Waals surface area contributed by atoms with E-state index in [1.165, 1.54) is 0 Å². The van der Waals surface area contributed by atoms with E-state index in [0.717, 1.165) is 12.8 Å². The normalized spacial score (nSPS) is 41.8. The maximum Gasteiger partial charge on any atom is 0.223 e. The van der Waals surface area contributed by atoms with Crippen LogP contribution < -0.4 is 5.73 Å². The van der Waals surface area contributed by atoms with Crippen molar-refractivity contribution in [2.75, 3.05) is 0 Å². The number of primary amides is 1. The fraction of sp³-hybridized carbons (Fsp3) is 0.857. The molecule has 1 amide bonds. The summed E-state index contributed by atoms with van der Waals surface area (Å²) < 4.78 is 0. The van der Waals surface area contributed by atoms with Gasteiger partial charge in [-0.1, -0.05) is 13.8 Å². The molecule has 1 aliphatic rings. The quantitative estimate of drug-likeness (QED) is 0.559. The molecule has 0 radical (unpaired) electrons. The smallest absolute Gasteiger partial charge is 0.223 e. The first-order valence-electron chi connectivity index (χ1n) is 3.34. The van der Waals surface area contributed by atoms with Crippen LogP contribution >= 0.6 is 0 Å². The van der Waals surface area contributed by atoms with Crippen LogP contribution in [0.15, 0.2) is 0 Å². The summed E-state index contributed by atoms with van der Waals surface area (Å²) >= 11 is 0. The van der Waals surface area contributed by atoms with Gasteiger partial charge in [-0.25, -0.2) is 0 Å². The van der Waals surface area contributed by atoms with Crippen molar-refractivity contribution in [3.8, 4) is 0 Å². The second-order valence-electron chi connectivity index (χ2n) is 3.44. The lowest BCUT2D eigenvalue weighted by Crippen LogP contribution is -2.44. The lowest BCUT2D eigenvalue weighted by molar-refractivity contribution is -0.133. The van der Waals surface area contributed by atoms with Gasteiger partial charge in [0.25, 0.3) is 0 Å². The molecule has 0 aliphatic heterocycles. The summed E-state index contributed by atoms with van der Waals surface area (Å²) in [4.78, 5) is 10.7. The Morgan fingerprint density at radius 2 is 2.11 bits per heavy atom. The zero-order valence-electron chi connectivity index (χ0n) is 5.98. The van der Waals surface area contributed by atoms with Gasteiger partial charge >= 0.3 is 0 Å². The summed E-state index contributed by atoms with van der Waals surface area (Å²) in [5.74, 6) is 0.558. The van der Waals surface area contributed by atoms with Gasteiger partial charge in [0.1, 0.15) is 0 Å². The van der Waals surface area contributed by atoms with Gasteiger partial charge in [0.2, 0.25) is 5.91 Å². The summed E-state index contributed by atoms with van der Waals surface area (Å²) in [6.07, 6.45) is 1.95. The predicted molar refractivity (Wildman–Crippen MR) is 35.7 cm³/mol. The number of hydrogen-bond donors (Lipinski definition) is 1. The first-order chi connectivity index (χ1) is 4.04. The highest BCUT2D eigenvalue weighted by molar-refractivity contribution is 5.81. The van der Waals surface area contributed by atoms with Crippen molar-refractivity contribution in [1.82, 2.24) is 0 Å². The Kier molecular flexibility index (Phi) is 1.26.